The van der Waals surface area contributed by atoms with Crippen molar-refractivity contribution < 1.29 is 0 Å². The van der Waals surface area contributed by atoms with Gasteiger partial charge in [0.25, 0.3) is 5.56 Å². The Hall–Kier alpha value is -4.13. The minimum absolute atomic E-state index is 0.208. The van der Waals surface area contributed by atoms with Gasteiger partial charge in [-0.05, 0) is 59.4 Å². The number of benzene rings is 3. The van der Waals surface area contributed by atoms with Gasteiger partial charge in [-0.1, -0.05) is 55.5 Å². The van der Waals surface area contributed by atoms with Crippen LogP contribution >= 0.6 is 0 Å². The fourth-order valence-electron chi connectivity index (χ4n) is 5.57. The van der Waals surface area contributed by atoms with Crippen LogP contribution in [0.15, 0.2) is 70.3 Å². The van der Waals surface area contributed by atoms with Crippen LogP contribution in [0.1, 0.15) is 23.6 Å². The molecule has 7 nitrogen and oxygen atoms in total. The van der Waals surface area contributed by atoms with Gasteiger partial charge in [0, 0.05) is 25.8 Å². The van der Waals surface area contributed by atoms with Gasteiger partial charge < -0.3 is 9.47 Å². The number of fused-ring (bicyclic) bond motifs is 4. The lowest BCUT2D eigenvalue weighted by Crippen LogP contribution is -2.40. The average Bonchev–Trinajstić information content (AvgIpc) is 3.24. The molecule has 0 bridgehead atoms. The van der Waals surface area contributed by atoms with Gasteiger partial charge in [0.05, 0.1) is 6.54 Å². The van der Waals surface area contributed by atoms with Gasteiger partial charge in [0.2, 0.25) is 5.95 Å². The first kappa shape index (κ1) is 22.3. The molecule has 0 unspecified atom stereocenters. The monoisotopic (exact) mass is 479 g/mol. The van der Waals surface area contributed by atoms with Crippen molar-refractivity contribution in [1.82, 2.24) is 18.7 Å². The maximum Gasteiger partial charge on any atom is 0.332 e. The Morgan fingerprint density at radius 1 is 0.944 bits per heavy atom. The molecule has 182 valence electrons. The Kier molecular flexibility index (Phi) is 5.10. The summed E-state index contributed by atoms with van der Waals surface area (Å²) in [7, 11) is 1.70. The molecule has 0 saturated heterocycles. The van der Waals surface area contributed by atoms with Gasteiger partial charge in [-0.3, -0.25) is 13.9 Å². The van der Waals surface area contributed by atoms with Crippen LogP contribution in [0, 0.1) is 19.8 Å². The van der Waals surface area contributed by atoms with E-state index in [1.54, 1.807) is 7.05 Å². The number of rotatable bonds is 3. The maximum absolute atomic E-state index is 13.9. The number of aromatic nitrogens is 4. The Bertz CT molecular complexity index is 1750. The van der Waals surface area contributed by atoms with Gasteiger partial charge in [-0.2, -0.15) is 4.98 Å². The number of anilines is 2. The zero-order chi connectivity index (χ0) is 25.1. The van der Waals surface area contributed by atoms with E-state index in [0.717, 1.165) is 28.6 Å². The third kappa shape index (κ3) is 3.46. The van der Waals surface area contributed by atoms with E-state index in [2.05, 4.69) is 43.9 Å². The molecule has 36 heavy (non-hydrogen) atoms. The Morgan fingerprint density at radius 2 is 1.67 bits per heavy atom. The smallest absolute Gasteiger partial charge is 0.312 e. The summed E-state index contributed by atoms with van der Waals surface area (Å²) < 4.78 is 4.86. The van der Waals surface area contributed by atoms with Crippen molar-refractivity contribution in [3.63, 3.8) is 0 Å². The van der Waals surface area contributed by atoms with Gasteiger partial charge >= 0.3 is 5.69 Å². The molecule has 1 aliphatic heterocycles. The predicted octanol–water partition coefficient (Wildman–Crippen LogP) is 4.50. The highest BCUT2D eigenvalue weighted by atomic mass is 16.2. The quantitative estimate of drug-likeness (QED) is 0.382. The second kappa shape index (κ2) is 8.22. The molecule has 0 spiro atoms. The molecule has 0 N–H and O–H groups in total. The van der Waals surface area contributed by atoms with E-state index in [-0.39, 0.29) is 17.8 Å². The molecule has 1 atom stereocenters. The highest BCUT2D eigenvalue weighted by molar-refractivity contribution is 5.85. The zero-order valence-electron chi connectivity index (χ0n) is 21.0. The third-order valence-corrected chi connectivity index (χ3v) is 7.17. The number of hydrogen-bond acceptors (Lipinski definition) is 4. The normalized spacial score (nSPS) is 15.6. The first-order valence-electron chi connectivity index (χ1n) is 12.3. The van der Waals surface area contributed by atoms with Crippen molar-refractivity contribution in [2.75, 3.05) is 11.4 Å². The lowest BCUT2D eigenvalue weighted by molar-refractivity contribution is 0.458. The van der Waals surface area contributed by atoms with Crippen LogP contribution < -0.4 is 16.1 Å². The second-order valence-corrected chi connectivity index (χ2v) is 10.1. The third-order valence-electron chi connectivity index (χ3n) is 7.17. The van der Waals surface area contributed by atoms with Crippen molar-refractivity contribution in [3.8, 4) is 0 Å². The molecule has 0 fully saturated rings. The van der Waals surface area contributed by atoms with Crippen LogP contribution in [0.2, 0.25) is 0 Å². The van der Waals surface area contributed by atoms with Gasteiger partial charge in [-0.25, -0.2) is 4.79 Å². The van der Waals surface area contributed by atoms with Crippen LogP contribution in [-0.4, -0.2) is 25.2 Å². The summed E-state index contributed by atoms with van der Waals surface area (Å²) in [6.45, 7) is 8.03. The second-order valence-electron chi connectivity index (χ2n) is 10.1. The highest BCUT2D eigenvalue weighted by Crippen LogP contribution is 2.33. The van der Waals surface area contributed by atoms with Crippen LogP contribution in [-0.2, 0) is 20.1 Å². The summed E-state index contributed by atoms with van der Waals surface area (Å²) >= 11 is 0. The van der Waals surface area contributed by atoms with E-state index in [1.165, 1.54) is 20.3 Å². The lowest BCUT2D eigenvalue weighted by Gasteiger charge is -2.33. The number of imidazole rings is 1. The van der Waals surface area contributed by atoms with Gasteiger partial charge in [0.1, 0.15) is 0 Å². The Labute approximate surface area is 208 Å². The van der Waals surface area contributed by atoms with Crippen molar-refractivity contribution in [2.24, 2.45) is 13.0 Å². The molecule has 1 aliphatic rings. The SMILES string of the molecule is Cc1cc(C)cc(N2C[C@@H](C)Cn3c2nc2c3c(=O)n(Cc3cccc4ccccc34)c(=O)n2C)c1. The molecular formula is C29H29N5O2. The van der Waals surface area contributed by atoms with Crippen LogP contribution in [0.25, 0.3) is 21.9 Å². The molecule has 0 amide bonds. The van der Waals surface area contributed by atoms with E-state index in [9.17, 15) is 9.59 Å². The molecule has 2 aromatic heterocycles. The summed E-state index contributed by atoms with van der Waals surface area (Å²) in [6, 6.07) is 20.5. The molecule has 7 heteroatoms. The Morgan fingerprint density at radius 3 is 2.44 bits per heavy atom. The molecule has 6 rings (SSSR count). The maximum atomic E-state index is 13.9. The highest BCUT2D eigenvalue weighted by Gasteiger charge is 2.30. The lowest BCUT2D eigenvalue weighted by atomic mass is 10.0. The molecule has 3 aromatic carbocycles. The molecule has 0 aliphatic carbocycles. The van der Waals surface area contributed by atoms with Crippen LogP contribution in [0.5, 0.6) is 0 Å². The largest absolute Gasteiger partial charge is 0.332 e. The van der Waals surface area contributed by atoms with Crippen LogP contribution in [0.4, 0.5) is 11.6 Å². The summed E-state index contributed by atoms with van der Waals surface area (Å²) in [5.74, 6) is 1.02. The molecular weight excluding hydrogens is 450 g/mol. The molecule has 3 heterocycles. The predicted molar refractivity (Wildman–Crippen MR) is 144 cm³/mol. The number of hydrogen-bond donors (Lipinski definition) is 0. The van der Waals surface area contributed by atoms with Gasteiger partial charge in [0.15, 0.2) is 11.2 Å². The summed E-state index contributed by atoms with van der Waals surface area (Å²) in [6.07, 6.45) is 0. The van der Waals surface area contributed by atoms with E-state index in [0.29, 0.717) is 29.6 Å². The van der Waals surface area contributed by atoms with Crippen molar-refractivity contribution in [3.05, 3.63) is 98.2 Å². The number of nitrogens with zero attached hydrogens (tertiary/aromatic N) is 5. The standard InChI is InChI=1S/C29H29N5O2/c1-18-12-19(2)14-23(13-18)32-15-20(3)16-33-25-26(30-28(32)33)31(4)29(36)34(27(25)35)17-22-10-7-9-21-8-5-6-11-24(21)22/h5-14,20H,15-17H2,1-4H3/t20-/m1/s1. The summed E-state index contributed by atoms with van der Waals surface area (Å²) in [5, 5.41) is 2.12. The molecule has 5 aromatic rings. The molecule has 0 saturated carbocycles. The van der Waals surface area contributed by atoms with Crippen molar-refractivity contribution in [2.45, 2.75) is 33.9 Å². The fraction of sp³-hybridized carbons (Fsp3) is 0.276. The zero-order valence-corrected chi connectivity index (χ0v) is 21.0. The molecule has 0 radical (unpaired) electrons. The number of aryl methyl sites for hydroxylation is 3. The van der Waals surface area contributed by atoms with Gasteiger partial charge in [-0.15, -0.1) is 0 Å². The van der Waals surface area contributed by atoms with E-state index in [1.807, 2.05) is 47.0 Å². The minimum atomic E-state index is -0.359. The van der Waals surface area contributed by atoms with E-state index in [4.69, 9.17) is 4.98 Å². The fourth-order valence-corrected chi connectivity index (χ4v) is 5.57. The van der Waals surface area contributed by atoms with E-state index < -0.39 is 0 Å². The van der Waals surface area contributed by atoms with Crippen molar-refractivity contribution >= 4 is 33.6 Å². The summed E-state index contributed by atoms with van der Waals surface area (Å²) in [5.41, 5.74) is 4.60. The average molecular weight is 480 g/mol. The van der Waals surface area contributed by atoms with Crippen LogP contribution in [0.3, 0.4) is 0 Å². The summed E-state index contributed by atoms with van der Waals surface area (Å²) in [4.78, 5) is 34.4. The van der Waals surface area contributed by atoms with Crippen molar-refractivity contribution in [1.29, 1.82) is 0 Å². The first-order valence-corrected chi connectivity index (χ1v) is 12.3. The topological polar surface area (TPSA) is 65.1 Å². The minimum Gasteiger partial charge on any atom is -0.312 e. The first-order chi connectivity index (χ1) is 17.3. The Balaban J connectivity index is 1.56. The van der Waals surface area contributed by atoms with E-state index >= 15 is 0 Å².